The second-order valence-corrected chi connectivity index (χ2v) is 9.44. The Balaban J connectivity index is 1.18. The van der Waals surface area contributed by atoms with E-state index < -0.39 is 0 Å². The van der Waals surface area contributed by atoms with E-state index in [9.17, 15) is 4.79 Å². The fourth-order valence-electron chi connectivity index (χ4n) is 4.37. The second kappa shape index (κ2) is 9.04. The molecule has 1 atom stereocenters. The van der Waals surface area contributed by atoms with Crippen LogP contribution in [0.5, 0.6) is 5.75 Å². The van der Waals surface area contributed by atoms with Crippen LogP contribution >= 0.6 is 15.9 Å². The molecule has 1 aromatic carbocycles. The second-order valence-electron chi connectivity index (χ2n) is 8.59. The smallest absolute Gasteiger partial charge is 0.410 e. The van der Waals surface area contributed by atoms with Crippen LogP contribution in [0.1, 0.15) is 37.7 Å². The minimum atomic E-state index is -0.0977. The third kappa shape index (κ3) is 5.20. The lowest BCUT2D eigenvalue weighted by atomic mass is 9.90. The summed E-state index contributed by atoms with van der Waals surface area (Å²) in [6, 6.07) is 6.23. The molecule has 1 aromatic rings. The number of hydrogen-bond donors (Lipinski definition) is 0. The normalized spacial score (nSPS) is 23.9. The van der Waals surface area contributed by atoms with Crippen LogP contribution in [-0.4, -0.2) is 61.8 Å². The first-order chi connectivity index (χ1) is 13.6. The summed E-state index contributed by atoms with van der Waals surface area (Å²) in [5.41, 5.74) is 1.34. The van der Waals surface area contributed by atoms with Gasteiger partial charge in [0.15, 0.2) is 0 Å². The summed E-state index contributed by atoms with van der Waals surface area (Å²) in [6.45, 7) is 5.00. The summed E-state index contributed by atoms with van der Waals surface area (Å²) in [5, 5.41) is 0. The van der Waals surface area contributed by atoms with Crippen LogP contribution in [0, 0.1) is 11.8 Å². The maximum absolute atomic E-state index is 12.0. The Morgan fingerprint density at radius 3 is 2.68 bits per heavy atom. The Hall–Kier alpha value is -1.27. The molecule has 2 aliphatic heterocycles. The van der Waals surface area contributed by atoms with Gasteiger partial charge in [0.05, 0.1) is 13.7 Å². The minimum absolute atomic E-state index is 0.0803. The minimum Gasteiger partial charge on any atom is -0.497 e. The van der Waals surface area contributed by atoms with E-state index in [1.807, 2.05) is 11.0 Å². The molecule has 3 aliphatic rings. The fourth-order valence-corrected chi connectivity index (χ4v) is 4.78. The highest BCUT2D eigenvalue weighted by Gasteiger charge is 2.35. The molecule has 6 heteroatoms. The molecule has 2 saturated heterocycles. The lowest BCUT2D eigenvalue weighted by Gasteiger charge is -2.32. The molecule has 4 rings (SSSR count). The number of ether oxygens (including phenoxy) is 2. The molecule has 0 aromatic heterocycles. The molecular weight excluding hydrogens is 420 g/mol. The first kappa shape index (κ1) is 20.0. The molecular formula is C22H31BrN2O3. The van der Waals surface area contributed by atoms with Crippen molar-refractivity contribution in [2.75, 3.05) is 39.8 Å². The Bertz CT molecular complexity index is 686. The van der Waals surface area contributed by atoms with Crippen LogP contribution in [0.2, 0.25) is 0 Å². The van der Waals surface area contributed by atoms with Crippen molar-refractivity contribution in [3.8, 4) is 5.75 Å². The molecule has 5 nitrogen and oxygen atoms in total. The van der Waals surface area contributed by atoms with Gasteiger partial charge in [-0.2, -0.15) is 0 Å². The zero-order valence-electron chi connectivity index (χ0n) is 16.7. The summed E-state index contributed by atoms with van der Waals surface area (Å²) in [4.78, 5) is 16.4. The first-order valence-corrected chi connectivity index (χ1v) is 11.4. The van der Waals surface area contributed by atoms with Crippen LogP contribution in [0.3, 0.4) is 0 Å². The Labute approximate surface area is 176 Å². The highest BCUT2D eigenvalue weighted by Crippen LogP contribution is 2.32. The van der Waals surface area contributed by atoms with Gasteiger partial charge < -0.3 is 19.3 Å². The molecule has 28 heavy (non-hydrogen) atoms. The highest BCUT2D eigenvalue weighted by atomic mass is 79.9. The molecule has 154 valence electrons. The summed E-state index contributed by atoms with van der Waals surface area (Å²) >= 11 is 3.68. The van der Waals surface area contributed by atoms with E-state index in [1.165, 1.54) is 35.7 Å². The molecule has 1 amide bonds. The van der Waals surface area contributed by atoms with E-state index in [4.69, 9.17) is 9.47 Å². The summed E-state index contributed by atoms with van der Waals surface area (Å²) in [7, 11) is 1.72. The quantitative estimate of drug-likeness (QED) is 0.590. The van der Waals surface area contributed by atoms with Crippen molar-refractivity contribution in [3.63, 3.8) is 0 Å². The van der Waals surface area contributed by atoms with Gasteiger partial charge in [0.25, 0.3) is 0 Å². The zero-order chi connectivity index (χ0) is 19.5. The van der Waals surface area contributed by atoms with Crippen LogP contribution in [0.15, 0.2) is 22.7 Å². The van der Waals surface area contributed by atoms with Crippen molar-refractivity contribution in [3.05, 3.63) is 28.2 Å². The van der Waals surface area contributed by atoms with Crippen LogP contribution in [0.25, 0.3) is 0 Å². The third-order valence-electron chi connectivity index (χ3n) is 6.36. The van der Waals surface area contributed by atoms with Crippen molar-refractivity contribution < 1.29 is 14.3 Å². The molecule has 0 spiro atoms. The zero-order valence-corrected chi connectivity index (χ0v) is 18.3. The van der Waals surface area contributed by atoms with Gasteiger partial charge in [0, 0.05) is 17.6 Å². The number of carbonyl (C=O) groups is 1. The van der Waals surface area contributed by atoms with Gasteiger partial charge in [-0.15, -0.1) is 0 Å². The lowest BCUT2D eigenvalue weighted by molar-refractivity contribution is 0.113. The molecule has 0 N–H and O–H groups in total. The fraction of sp³-hybridized carbons (Fsp3) is 0.682. The number of carbonyl (C=O) groups excluding carboxylic acids is 1. The van der Waals surface area contributed by atoms with E-state index >= 15 is 0 Å². The van der Waals surface area contributed by atoms with Crippen LogP contribution in [-0.2, 0) is 11.2 Å². The van der Waals surface area contributed by atoms with E-state index in [1.54, 1.807) is 7.11 Å². The molecule has 1 aliphatic carbocycles. The van der Waals surface area contributed by atoms with E-state index in [2.05, 4.69) is 33.0 Å². The number of nitrogens with zero attached hydrogens (tertiary/aromatic N) is 2. The number of rotatable bonds is 8. The molecule has 1 saturated carbocycles. The van der Waals surface area contributed by atoms with Gasteiger partial charge in [-0.3, -0.25) is 0 Å². The predicted octanol–water partition coefficient (Wildman–Crippen LogP) is 4.33. The van der Waals surface area contributed by atoms with Crippen molar-refractivity contribution in [1.82, 2.24) is 9.80 Å². The van der Waals surface area contributed by atoms with Gasteiger partial charge >= 0.3 is 6.09 Å². The standard InChI is InChI=1S/C22H31BrN2O3/c1-27-19-4-5-21(23)18(13-19)12-16-6-9-24(10-7-16)11-8-20-15-25(22(26)28-20)14-17-2-3-17/h4-5,13,16-17,20H,2-3,6-12,14-15H2,1H3. The van der Waals surface area contributed by atoms with Crippen molar-refractivity contribution >= 4 is 22.0 Å². The lowest BCUT2D eigenvalue weighted by Crippen LogP contribution is -2.36. The van der Waals surface area contributed by atoms with E-state index in [0.717, 1.165) is 63.2 Å². The van der Waals surface area contributed by atoms with Gasteiger partial charge in [-0.1, -0.05) is 15.9 Å². The predicted molar refractivity (Wildman–Crippen MR) is 113 cm³/mol. The summed E-state index contributed by atoms with van der Waals surface area (Å²) < 4.78 is 12.1. The van der Waals surface area contributed by atoms with Crippen molar-refractivity contribution in [2.45, 2.75) is 44.6 Å². The molecule has 1 unspecified atom stereocenters. The van der Waals surface area contributed by atoms with Gasteiger partial charge in [0.1, 0.15) is 11.9 Å². The van der Waals surface area contributed by atoms with Crippen LogP contribution < -0.4 is 4.74 Å². The summed E-state index contributed by atoms with van der Waals surface area (Å²) in [6.07, 6.45) is 7.03. The molecule has 0 bridgehead atoms. The molecule has 2 heterocycles. The average molecular weight is 451 g/mol. The Morgan fingerprint density at radius 1 is 1.18 bits per heavy atom. The van der Waals surface area contributed by atoms with E-state index in [-0.39, 0.29) is 12.2 Å². The number of piperidine rings is 1. The number of benzene rings is 1. The van der Waals surface area contributed by atoms with Gasteiger partial charge in [-0.25, -0.2) is 4.79 Å². The number of hydrogen-bond acceptors (Lipinski definition) is 4. The maximum Gasteiger partial charge on any atom is 0.410 e. The Kier molecular flexibility index (Phi) is 6.46. The third-order valence-corrected chi connectivity index (χ3v) is 7.13. The van der Waals surface area contributed by atoms with Gasteiger partial charge in [-0.05, 0) is 87.2 Å². The number of halogens is 1. The van der Waals surface area contributed by atoms with E-state index in [0.29, 0.717) is 0 Å². The number of amides is 1. The van der Waals surface area contributed by atoms with Crippen LogP contribution in [0.4, 0.5) is 4.79 Å². The number of cyclic esters (lactones) is 1. The topological polar surface area (TPSA) is 42.0 Å². The average Bonchev–Trinajstić information content (AvgIpc) is 3.45. The number of likely N-dealkylation sites (tertiary alicyclic amines) is 1. The number of methoxy groups -OCH3 is 1. The molecule has 0 radical (unpaired) electrons. The maximum atomic E-state index is 12.0. The largest absolute Gasteiger partial charge is 0.497 e. The molecule has 3 fully saturated rings. The first-order valence-electron chi connectivity index (χ1n) is 10.6. The van der Waals surface area contributed by atoms with Crippen molar-refractivity contribution in [2.24, 2.45) is 11.8 Å². The monoisotopic (exact) mass is 450 g/mol. The highest BCUT2D eigenvalue weighted by molar-refractivity contribution is 9.10. The van der Waals surface area contributed by atoms with Gasteiger partial charge in [0.2, 0.25) is 0 Å². The summed E-state index contributed by atoms with van der Waals surface area (Å²) in [5.74, 6) is 2.38. The SMILES string of the molecule is COc1ccc(Br)c(CC2CCN(CCC3CN(CC4CC4)C(=O)O3)CC2)c1. The van der Waals surface area contributed by atoms with Crippen molar-refractivity contribution in [1.29, 1.82) is 0 Å². The Morgan fingerprint density at radius 2 is 1.96 bits per heavy atom.